The number of hydrogen-bond acceptors (Lipinski definition) is 2. The van der Waals surface area contributed by atoms with E-state index in [0.717, 1.165) is 30.0 Å². The zero-order valence-electron chi connectivity index (χ0n) is 11.8. The molecule has 0 amide bonds. The van der Waals surface area contributed by atoms with E-state index in [-0.39, 0.29) is 5.60 Å². The molecule has 0 spiro atoms. The molecule has 0 heterocycles. The summed E-state index contributed by atoms with van der Waals surface area (Å²) in [5, 5.41) is 4.08. The number of rotatable bonds is 5. The van der Waals surface area contributed by atoms with Crippen molar-refractivity contribution in [3.05, 3.63) is 34.9 Å². The average molecular weight is 282 g/mol. The Labute approximate surface area is 121 Å². The molecule has 0 unspecified atom stereocenters. The highest BCUT2D eigenvalue weighted by Gasteiger charge is 2.31. The van der Waals surface area contributed by atoms with Crippen LogP contribution in [0, 0.1) is 0 Å². The minimum atomic E-state index is 0.00751. The minimum Gasteiger partial charge on any atom is -0.369 e. The van der Waals surface area contributed by atoms with E-state index >= 15 is 0 Å². The van der Waals surface area contributed by atoms with Crippen LogP contribution in [-0.4, -0.2) is 19.2 Å². The van der Waals surface area contributed by atoms with Crippen molar-refractivity contribution in [2.75, 3.05) is 13.6 Å². The van der Waals surface area contributed by atoms with Crippen LogP contribution in [0.2, 0.25) is 5.02 Å². The van der Waals surface area contributed by atoms with Crippen molar-refractivity contribution < 1.29 is 4.74 Å². The van der Waals surface area contributed by atoms with E-state index in [9.17, 15) is 0 Å². The molecule has 1 aromatic rings. The molecule has 2 rings (SSSR count). The summed E-state index contributed by atoms with van der Waals surface area (Å²) in [6.45, 7) is 1.59. The molecule has 1 aliphatic rings. The smallest absolute Gasteiger partial charge is 0.0810 e. The lowest BCUT2D eigenvalue weighted by Gasteiger charge is -2.33. The lowest BCUT2D eigenvalue weighted by atomic mass is 9.94. The highest BCUT2D eigenvalue weighted by molar-refractivity contribution is 6.30. The molecule has 1 aliphatic carbocycles. The Morgan fingerprint density at radius 1 is 1.21 bits per heavy atom. The molecular weight excluding hydrogens is 258 g/mol. The normalized spacial score (nSPS) is 19.1. The first kappa shape index (κ1) is 14.8. The second-order valence-corrected chi connectivity index (χ2v) is 5.98. The van der Waals surface area contributed by atoms with Gasteiger partial charge in [-0.15, -0.1) is 0 Å². The maximum Gasteiger partial charge on any atom is 0.0810 e. The Hall–Kier alpha value is -0.570. The first-order chi connectivity index (χ1) is 9.24. The van der Waals surface area contributed by atoms with Crippen molar-refractivity contribution >= 4 is 11.6 Å². The van der Waals surface area contributed by atoms with Gasteiger partial charge < -0.3 is 10.1 Å². The number of halogens is 1. The fraction of sp³-hybridized carbons (Fsp3) is 0.625. The summed E-state index contributed by atoms with van der Waals surface area (Å²) >= 11 is 6.02. The quantitative estimate of drug-likeness (QED) is 0.818. The summed E-state index contributed by atoms with van der Waals surface area (Å²) in [5.74, 6) is 0. The third kappa shape index (κ3) is 4.48. The molecule has 1 N–H and O–H groups in total. The molecule has 0 bridgehead atoms. The van der Waals surface area contributed by atoms with Crippen LogP contribution in [0.4, 0.5) is 0 Å². The molecule has 0 saturated heterocycles. The number of ether oxygens (including phenoxy) is 1. The van der Waals surface area contributed by atoms with Gasteiger partial charge in [-0.1, -0.05) is 49.4 Å². The molecule has 106 valence electrons. The number of likely N-dealkylation sites (N-methyl/N-ethyl adjacent to an activating group) is 1. The van der Waals surface area contributed by atoms with Crippen LogP contribution in [0.25, 0.3) is 0 Å². The third-order valence-electron chi connectivity index (χ3n) is 3.95. The van der Waals surface area contributed by atoms with Crippen molar-refractivity contribution in [1.82, 2.24) is 5.32 Å². The monoisotopic (exact) mass is 281 g/mol. The lowest BCUT2D eigenvalue weighted by molar-refractivity contribution is -0.0645. The Balaban J connectivity index is 1.99. The summed E-state index contributed by atoms with van der Waals surface area (Å²) in [6.07, 6.45) is 7.55. The molecule has 0 aromatic heterocycles. The minimum absolute atomic E-state index is 0.00751. The summed E-state index contributed by atoms with van der Waals surface area (Å²) in [7, 11) is 2.01. The molecule has 2 nitrogen and oxygen atoms in total. The van der Waals surface area contributed by atoms with Crippen molar-refractivity contribution in [2.45, 2.75) is 50.7 Å². The van der Waals surface area contributed by atoms with Crippen LogP contribution in [-0.2, 0) is 11.3 Å². The maximum absolute atomic E-state index is 6.31. The van der Waals surface area contributed by atoms with E-state index in [1.807, 2.05) is 25.2 Å². The number of nitrogens with one attached hydrogen (secondary N) is 1. The van der Waals surface area contributed by atoms with E-state index in [4.69, 9.17) is 16.3 Å². The van der Waals surface area contributed by atoms with Crippen LogP contribution < -0.4 is 5.32 Å². The molecule has 0 aliphatic heterocycles. The Bertz CT molecular complexity index is 386. The average Bonchev–Trinajstić information content (AvgIpc) is 2.63. The van der Waals surface area contributed by atoms with Gasteiger partial charge in [0.1, 0.15) is 0 Å². The van der Waals surface area contributed by atoms with Crippen molar-refractivity contribution in [2.24, 2.45) is 0 Å². The molecule has 1 fully saturated rings. The van der Waals surface area contributed by atoms with E-state index in [1.54, 1.807) is 0 Å². The predicted octanol–water partition coefficient (Wildman–Crippen LogP) is 4.17. The van der Waals surface area contributed by atoms with Crippen molar-refractivity contribution in [1.29, 1.82) is 0 Å². The highest BCUT2D eigenvalue weighted by Crippen LogP contribution is 2.31. The number of hydrogen-bond donors (Lipinski definition) is 1. The third-order valence-corrected chi connectivity index (χ3v) is 4.18. The fourth-order valence-corrected chi connectivity index (χ4v) is 3.14. The first-order valence-corrected chi connectivity index (χ1v) is 7.65. The van der Waals surface area contributed by atoms with Gasteiger partial charge in [0, 0.05) is 11.6 Å². The summed E-state index contributed by atoms with van der Waals surface area (Å²) < 4.78 is 6.31. The van der Waals surface area contributed by atoms with Crippen molar-refractivity contribution in [3.63, 3.8) is 0 Å². The highest BCUT2D eigenvalue weighted by atomic mass is 35.5. The molecule has 3 heteroatoms. The van der Waals surface area contributed by atoms with E-state index < -0.39 is 0 Å². The van der Waals surface area contributed by atoms with Gasteiger partial charge in [0.05, 0.1) is 12.2 Å². The molecule has 0 atom stereocenters. The van der Waals surface area contributed by atoms with Gasteiger partial charge in [0.2, 0.25) is 0 Å². The summed E-state index contributed by atoms with van der Waals surface area (Å²) in [4.78, 5) is 0. The zero-order chi connectivity index (χ0) is 13.6. The van der Waals surface area contributed by atoms with Crippen LogP contribution >= 0.6 is 11.6 Å². The van der Waals surface area contributed by atoms with E-state index in [0.29, 0.717) is 6.61 Å². The van der Waals surface area contributed by atoms with Crippen LogP contribution in [0.5, 0.6) is 0 Å². The Morgan fingerprint density at radius 3 is 2.58 bits per heavy atom. The Morgan fingerprint density at radius 2 is 1.95 bits per heavy atom. The topological polar surface area (TPSA) is 21.3 Å². The van der Waals surface area contributed by atoms with Gasteiger partial charge in [-0.25, -0.2) is 0 Å². The summed E-state index contributed by atoms with van der Waals surface area (Å²) in [5.41, 5.74) is 1.17. The van der Waals surface area contributed by atoms with Gasteiger partial charge >= 0.3 is 0 Å². The fourth-order valence-electron chi connectivity index (χ4n) is 2.93. The maximum atomic E-state index is 6.31. The Kier molecular flexibility index (Phi) is 5.68. The summed E-state index contributed by atoms with van der Waals surface area (Å²) in [6, 6.07) is 7.96. The van der Waals surface area contributed by atoms with E-state index in [2.05, 4.69) is 11.4 Å². The first-order valence-electron chi connectivity index (χ1n) is 7.27. The van der Waals surface area contributed by atoms with Gasteiger partial charge in [-0.05, 0) is 37.6 Å². The predicted molar refractivity (Wildman–Crippen MR) is 80.6 cm³/mol. The van der Waals surface area contributed by atoms with Gasteiger partial charge in [0.15, 0.2) is 0 Å². The zero-order valence-corrected chi connectivity index (χ0v) is 12.5. The largest absolute Gasteiger partial charge is 0.369 e. The second kappa shape index (κ2) is 7.28. The van der Waals surface area contributed by atoms with Crippen LogP contribution in [0.3, 0.4) is 0 Å². The van der Waals surface area contributed by atoms with Gasteiger partial charge in [0.25, 0.3) is 0 Å². The molecule has 0 radical (unpaired) electrons. The molecule has 1 aromatic carbocycles. The molecule has 19 heavy (non-hydrogen) atoms. The van der Waals surface area contributed by atoms with Gasteiger partial charge in [-0.2, -0.15) is 0 Å². The second-order valence-electron chi connectivity index (χ2n) is 5.55. The van der Waals surface area contributed by atoms with Gasteiger partial charge in [-0.3, -0.25) is 0 Å². The lowest BCUT2D eigenvalue weighted by Crippen LogP contribution is -2.41. The van der Waals surface area contributed by atoms with Crippen molar-refractivity contribution in [3.8, 4) is 0 Å². The van der Waals surface area contributed by atoms with E-state index in [1.165, 1.54) is 25.7 Å². The SMILES string of the molecule is CNCC1(OCc2cccc(Cl)c2)CCCCCC1. The standard InChI is InChI=1S/C16H24ClNO/c1-18-13-16(9-4-2-3-5-10-16)19-12-14-7-6-8-15(17)11-14/h6-8,11,18H,2-5,9-10,12-13H2,1H3. The van der Waals surface area contributed by atoms with Crippen LogP contribution in [0.1, 0.15) is 44.1 Å². The van der Waals surface area contributed by atoms with Crippen LogP contribution in [0.15, 0.2) is 24.3 Å². The molecular formula is C16H24ClNO. The number of benzene rings is 1. The molecule has 1 saturated carbocycles.